The van der Waals surface area contributed by atoms with Gasteiger partial charge in [0.2, 0.25) is 11.8 Å². The van der Waals surface area contributed by atoms with Crippen molar-refractivity contribution in [3.63, 3.8) is 0 Å². The smallest absolute Gasteiger partial charge is 0.329 e. The zero-order valence-corrected chi connectivity index (χ0v) is 18.6. The molecule has 1 aliphatic heterocycles. The van der Waals surface area contributed by atoms with Gasteiger partial charge in [-0.1, -0.05) is 52.5 Å². The quantitative estimate of drug-likeness (QED) is 0.608. The number of anilines is 1. The third-order valence-corrected chi connectivity index (χ3v) is 5.94. The Kier molecular flexibility index (Phi) is 7.47. The fourth-order valence-electron chi connectivity index (χ4n) is 3.11. The molecule has 2 aromatic carbocycles. The van der Waals surface area contributed by atoms with E-state index in [0.29, 0.717) is 33.7 Å². The summed E-state index contributed by atoms with van der Waals surface area (Å²) in [6.07, 6.45) is 0.842. The van der Waals surface area contributed by atoms with Gasteiger partial charge < -0.3 is 10.6 Å². The maximum atomic E-state index is 12.6. The fraction of sp³-hybridized carbons (Fsp3) is 0.250. The van der Waals surface area contributed by atoms with Gasteiger partial charge in [0, 0.05) is 28.7 Å². The van der Waals surface area contributed by atoms with Crippen LogP contribution in [0, 0.1) is 0 Å². The molecule has 0 saturated carbocycles. The predicted molar refractivity (Wildman–Crippen MR) is 119 cm³/mol. The number of carbonyl (C=O) groups is 3. The lowest BCUT2D eigenvalue weighted by molar-refractivity contribution is -0.132. The number of carbonyl (C=O) groups excluding carboxylic acids is 3. The summed E-state index contributed by atoms with van der Waals surface area (Å²) in [4.78, 5) is 38.4. The second-order valence-electron chi connectivity index (χ2n) is 6.65. The Hall–Kier alpha value is -1.99. The number of imide groups is 1. The van der Waals surface area contributed by atoms with E-state index in [9.17, 15) is 14.4 Å². The van der Waals surface area contributed by atoms with Crippen molar-refractivity contribution in [3.8, 4) is 0 Å². The number of urea groups is 1. The molecule has 4 amide bonds. The summed E-state index contributed by atoms with van der Waals surface area (Å²) in [6.45, 7) is 0.299. The summed E-state index contributed by atoms with van der Waals surface area (Å²) < 4.78 is 0. The number of nitrogens with zero attached hydrogens (tertiary/aromatic N) is 1. The monoisotopic (exact) mass is 487 g/mol. The molecule has 0 aromatic heterocycles. The van der Waals surface area contributed by atoms with Crippen LogP contribution >= 0.6 is 46.4 Å². The Morgan fingerprint density at radius 2 is 1.77 bits per heavy atom. The van der Waals surface area contributed by atoms with Gasteiger partial charge in [0.1, 0.15) is 6.04 Å². The molecule has 3 rings (SSSR count). The van der Waals surface area contributed by atoms with E-state index in [2.05, 4.69) is 10.6 Å². The van der Waals surface area contributed by atoms with Crippen LogP contribution in [0.3, 0.4) is 0 Å². The third kappa shape index (κ3) is 5.38. The number of halogens is 4. The van der Waals surface area contributed by atoms with E-state index < -0.39 is 23.9 Å². The molecule has 6 nitrogen and oxygen atoms in total. The van der Waals surface area contributed by atoms with Crippen LogP contribution < -0.4 is 10.6 Å². The minimum Gasteiger partial charge on any atom is -0.354 e. The third-order valence-electron chi connectivity index (χ3n) is 4.61. The van der Waals surface area contributed by atoms with E-state index in [1.54, 1.807) is 24.3 Å². The van der Waals surface area contributed by atoms with Crippen LogP contribution in [0.1, 0.15) is 18.4 Å². The summed E-state index contributed by atoms with van der Waals surface area (Å²) in [5.74, 6) is -0.830. The van der Waals surface area contributed by atoms with Gasteiger partial charge in [-0.3, -0.25) is 14.5 Å². The van der Waals surface area contributed by atoms with Gasteiger partial charge in [-0.15, -0.1) is 0 Å². The molecule has 158 valence electrons. The van der Waals surface area contributed by atoms with E-state index >= 15 is 0 Å². The molecular formula is C20H17Cl4N3O3. The maximum Gasteiger partial charge on any atom is 0.329 e. The zero-order chi connectivity index (χ0) is 21.8. The highest BCUT2D eigenvalue weighted by molar-refractivity contribution is 6.42. The highest BCUT2D eigenvalue weighted by Crippen LogP contribution is 2.26. The lowest BCUT2D eigenvalue weighted by atomic mass is 10.1. The Morgan fingerprint density at radius 1 is 1.00 bits per heavy atom. The average Bonchev–Trinajstić information content (AvgIpc) is 3.08. The van der Waals surface area contributed by atoms with Crippen molar-refractivity contribution >= 4 is 69.9 Å². The van der Waals surface area contributed by atoms with Gasteiger partial charge >= 0.3 is 6.03 Å². The first-order chi connectivity index (χ1) is 14.3. The van der Waals surface area contributed by atoms with Crippen molar-refractivity contribution < 1.29 is 14.4 Å². The second kappa shape index (κ2) is 9.88. The van der Waals surface area contributed by atoms with Gasteiger partial charge in [-0.05, 0) is 48.7 Å². The first-order valence-corrected chi connectivity index (χ1v) is 10.6. The van der Waals surface area contributed by atoms with Crippen LogP contribution in [0.15, 0.2) is 36.4 Å². The van der Waals surface area contributed by atoms with Crippen LogP contribution in [0.25, 0.3) is 0 Å². The number of likely N-dealkylation sites (tertiary alicyclic amines) is 1. The lowest BCUT2D eigenvalue weighted by Crippen LogP contribution is -2.49. The van der Waals surface area contributed by atoms with Crippen LogP contribution in [0.2, 0.25) is 20.1 Å². The van der Waals surface area contributed by atoms with Crippen molar-refractivity contribution in [2.45, 2.75) is 25.3 Å². The maximum absolute atomic E-state index is 12.6. The number of amides is 4. The highest BCUT2D eigenvalue weighted by Gasteiger charge is 2.40. The van der Waals surface area contributed by atoms with Crippen molar-refractivity contribution in [1.29, 1.82) is 0 Å². The Bertz CT molecular complexity index is 999. The Labute approximate surface area is 193 Å². The van der Waals surface area contributed by atoms with Crippen molar-refractivity contribution in [3.05, 3.63) is 62.1 Å². The normalized spacial score (nSPS) is 15.9. The standard InChI is InChI=1S/C20H17Cl4N3O3/c21-12-2-1-11(15(23)9-12)7-8-25-19(29)17-5-6-18(28)27(17)20(30)26-13-3-4-14(22)16(24)10-13/h1-4,9-10,17H,5-8H2,(H,25,29)(H,26,30)/t17-/m0/s1. The number of nitrogens with one attached hydrogen (secondary N) is 2. The molecule has 1 fully saturated rings. The van der Waals surface area contributed by atoms with Gasteiger partial charge in [-0.2, -0.15) is 0 Å². The fourth-order valence-corrected chi connectivity index (χ4v) is 3.91. The molecule has 0 radical (unpaired) electrons. The molecule has 1 saturated heterocycles. The molecule has 30 heavy (non-hydrogen) atoms. The summed E-state index contributed by atoms with van der Waals surface area (Å²) in [5.41, 5.74) is 1.20. The second-order valence-corrected chi connectivity index (χ2v) is 8.31. The van der Waals surface area contributed by atoms with Crippen LogP contribution in [-0.2, 0) is 16.0 Å². The largest absolute Gasteiger partial charge is 0.354 e. The molecular weight excluding hydrogens is 472 g/mol. The van der Waals surface area contributed by atoms with E-state index in [1.165, 1.54) is 12.1 Å². The molecule has 1 heterocycles. The molecule has 2 N–H and O–H groups in total. The van der Waals surface area contributed by atoms with Crippen molar-refractivity contribution in [1.82, 2.24) is 10.2 Å². The molecule has 2 aromatic rings. The van der Waals surface area contributed by atoms with Gasteiger partial charge in [0.15, 0.2) is 0 Å². The van der Waals surface area contributed by atoms with E-state index in [-0.39, 0.29) is 17.9 Å². The first kappa shape index (κ1) is 22.7. The molecule has 0 aliphatic carbocycles. The van der Waals surface area contributed by atoms with E-state index in [0.717, 1.165) is 10.5 Å². The molecule has 0 spiro atoms. The molecule has 1 atom stereocenters. The topological polar surface area (TPSA) is 78.5 Å². The van der Waals surface area contributed by atoms with E-state index in [1.807, 2.05) is 0 Å². The van der Waals surface area contributed by atoms with Crippen LogP contribution in [-0.4, -0.2) is 35.3 Å². The molecule has 1 aliphatic rings. The highest BCUT2D eigenvalue weighted by atomic mass is 35.5. The Morgan fingerprint density at radius 3 is 2.47 bits per heavy atom. The van der Waals surface area contributed by atoms with Gasteiger partial charge in [0.05, 0.1) is 10.0 Å². The summed E-state index contributed by atoms with van der Waals surface area (Å²) in [6, 6.07) is 8.09. The van der Waals surface area contributed by atoms with Crippen LogP contribution in [0.5, 0.6) is 0 Å². The van der Waals surface area contributed by atoms with Crippen molar-refractivity contribution in [2.75, 3.05) is 11.9 Å². The average molecular weight is 489 g/mol. The van der Waals surface area contributed by atoms with Crippen molar-refractivity contribution in [2.24, 2.45) is 0 Å². The minimum absolute atomic E-state index is 0.107. The summed E-state index contributed by atoms with van der Waals surface area (Å²) in [5, 5.41) is 6.97. The number of rotatable bonds is 5. The van der Waals surface area contributed by atoms with Crippen LogP contribution in [0.4, 0.5) is 10.5 Å². The Balaban J connectivity index is 1.60. The number of hydrogen-bond acceptors (Lipinski definition) is 3. The van der Waals surface area contributed by atoms with Gasteiger partial charge in [-0.25, -0.2) is 4.79 Å². The zero-order valence-electron chi connectivity index (χ0n) is 15.6. The molecule has 0 bridgehead atoms. The number of hydrogen-bond donors (Lipinski definition) is 2. The SMILES string of the molecule is O=C(NCCc1ccc(Cl)cc1Cl)[C@@H]1CCC(=O)N1C(=O)Nc1ccc(Cl)c(Cl)c1. The molecule has 0 unspecified atom stereocenters. The minimum atomic E-state index is -0.888. The predicted octanol–water partition coefficient (Wildman–Crippen LogP) is 5.18. The van der Waals surface area contributed by atoms with Gasteiger partial charge in [0.25, 0.3) is 0 Å². The lowest BCUT2D eigenvalue weighted by Gasteiger charge is -2.22. The summed E-state index contributed by atoms with van der Waals surface area (Å²) >= 11 is 23.8. The summed E-state index contributed by atoms with van der Waals surface area (Å²) in [7, 11) is 0. The molecule has 10 heteroatoms. The number of benzene rings is 2. The van der Waals surface area contributed by atoms with E-state index in [4.69, 9.17) is 46.4 Å². The first-order valence-electron chi connectivity index (χ1n) is 9.06.